The lowest BCUT2D eigenvalue weighted by atomic mass is 10.2. The zero-order valence-electron chi connectivity index (χ0n) is 9.34. The summed E-state index contributed by atoms with van der Waals surface area (Å²) >= 11 is 5.04. The summed E-state index contributed by atoms with van der Waals surface area (Å²) in [5, 5.41) is 0. The van der Waals surface area contributed by atoms with E-state index in [2.05, 4.69) is 15.9 Å². The number of alkyl halides is 3. The van der Waals surface area contributed by atoms with Crippen LogP contribution in [-0.2, 0) is 6.18 Å². The number of hydrogen-bond acceptors (Lipinski definition) is 1. The van der Waals surface area contributed by atoms with E-state index in [0.717, 1.165) is 9.64 Å². The molecule has 0 aliphatic carbocycles. The highest BCUT2D eigenvalue weighted by atomic mass is 127. The lowest BCUT2D eigenvalue weighted by molar-refractivity contribution is -0.138. The fourth-order valence-corrected chi connectivity index (χ4v) is 2.32. The molecule has 0 saturated carbocycles. The maximum absolute atomic E-state index is 12.9. The molecule has 0 spiro atoms. The maximum atomic E-state index is 12.9. The highest BCUT2D eigenvalue weighted by molar-refractivity contribution is 14.1. The molecule has 19 heavy (non-hydrogen) atoms. The van der Waals surface area contributed by atoms with Crippen LogP contribution in [-0.4, -0.2) is 0 Å². The van der Waals surface area contributed by atoms with E-state index in [0.29, 0.717) is 10.2 Å². The Morgan fingerprint density at radius 2 is 1.68 bits per heavy atom. The van der Waals surface area contributed by atoms with Crippen LogP contribution < -0.4 is 4.74 Å². The van der Waals surface area contributed by atoms with Gasteiger partial charge in [0.05, 0.1) is 9.13 Å². The summed E-state index contributed by atoms with van der Waals surface area (Å²) in [7, 11) is 0. The summed E-state index contributed by atoms with van der Waals surface area (Å²) in [4.78, 5) is 0. The summed E-state index contributed by atoms with van der Waals surface area (Å²) < 4.78 is 45.3. The average molecular weight is 443 g/mol. The summed E-state index contributed by atoms with van der Waals surface area (Å²) in [5.41, 5.74) is -0.804. The third kappa shape index (κ3) is 3.62. The number of hydrogen-bond donors (Lipinski definition) is 0. The number of rotatable bonds is 2. The molecule has 0 radical (unpaired) electrons. The van der Waals surface area contributed by atoms with Crippen LogP contribution in [0.15, 0.2) is 46.9 Å². The van der Waals surface area contributed by atoms with Crippen molar-refractivity contribution in [1.82, 2.24) is 0 Å². The van der Waals surface area contributed by atoms with E-state index in [1.54, 1.807) is 24.3 Å². The van der Waals surface area contributed by atoms with Gasteiger partial charge in [0.2, 0.25) is 0 Å². The van der Waals surface area contributed by atoms with Gasteiger partial charge in [0, 0.05) is 4.47 Å². The minimum Gasteiger partial charge on any atom is -0.456 e. The van der Waals surface area contributed by atoms with Crippen LogP contribution in [0.5, 0.6) is 11.5 Å². The second-order valence-corrected chi connectivity index (χ2v) is 5.75. The Balaban J connectivity index is 2.44. The van der Waals surface area contributed by atoms with Crippen molar-refractivity contribution in [2.75, 3.05) is 0 Å². The van der Waals surface area contributed by atoms with Crippen LogP contribution in [0.2, 0.25) is 0 Å². The van der Waals surface area contributed by atoms with Crippen LogP contribution in [0.4, 0.5) is 13.2 Å². The molecule has 100 valence electrons. The molecule has 0 aliphatic heterocycles. The van der Waals surface area contributed by atoms with Gasteiger partial charge in [-0.25, -0.2) is 0 Å². The molecule has 0 unspecified atom stereocenters. The molecule has 2 aromatic rings. The lowest BCUT2D eigenvalue weighted by Crippen LogP contribution is -2.07. The molecule has 0 atom stereocenters. The minimum atomic E-state index is -4.46. The first-order valence-corrected chi connectivity index (χ1v) is 7.04. The van der Waals surface area contributed by atoms with Gasteiger partial charge in [0.1, 0.15) is 11.5 Å². The first kappa shape index (κ1) is 14.6. The summed E-state index contributed by atoms with van der Waals surface area (Å²) in [6, 6.07) is 10.7. The maximum Gasteiger partial charge on any atom is 0.420 e. The molecule has 0 aliphatic rings. The Bertz CT molecular complexity index is 599. The lowest BCUT2D eigenvalue weighted by Gasteiger charge is -2.14. The molecule has 6 heteroatoms. The average Bonchev–Trinajstić information content (AvgIpc) is 2.33. The second kappa shape index (κ2) is 5.70. The molecular weight excluding hydrogens is 436 g/mol. The molecule has 0 fully saturated rings. The predicted octanol–water partition coefficient (Wildman–Crippen LogP) is 5.86. The van der Waals surface area contributed by atoms with Crippen molar-refractivity contribution >= 4 is 38.5 Å². The molecule has 0 N–H and O–H groups in total. The van der Waals surface area contributed by atoms with E-state index in [4.69, 9.17) is 4.74 Å². The van der Waals surface area contributed by atoms with E-state index in [-0.39, 0.29) is 5.75 Å². The van der Waals surface area contributed by atoms with Crippen LogP contribution >= 0.6 is 38.5 Å². The van der Waals surface area contributed by atoms with Crippen molar-refractivity contribution in [2.45, 2.75) is 6.18 Å². The highest BCUT2D eigenvalue weighted by Crippen LogP contribution is 2.40. The fourth-order valence-electron chi connectivity index (χ4n) is 1.46. The van der Waals surface area contributed by atoms with E-state index >= 15 is 0 Å². The Hall–Kier alpha value is -0.760. The van der Waals surface area contributed by atoms with Crippen molar-refractivity contribution in [3.05, 3.63) is 56.1 Å². The number of para-hydroxylation sites is 1. The zero-order valence-corrected chi connectivity index (χ0v) is 13.1. The van der Waals surface area contributed by atoms with Gasteiger partial charge in [-0.1, -0.05) is 28.1 Å². The monoisotopic (exact) mass is 442 g/mol. The third-order valence-electron chi connectivity index (χ3n) is 2.30. The van der Waals surface area contributed by atoms with Crippen molar-refractivity contribution < 1.29 is 17.9 Å². The standard InChI is InChI=1S/C13H7BrF3IO/c14-8-5-6-11(9(7-8)13(15,16)17)19-12-4-2-1-3-10(12)18/h1-7H. The molecule has 2 aromatic carbocycles. The van der Waals surface area contributed by atoms with Crippen LogP contribution in [0.1, 0.15) is 5.56 Å². The van der Waals surface area contributed by atoms with Gasteiger partial charge in [0.15, 0.2) is 0 Å². The van der Waals surface area contributed by atoms with Gasteiger partial charge in [-0.3, -0.25) is 0 Å². The fraction of sp³-hybridized carbons (Fsp3) is 0.0769. The Morgan fingerprint density at radius 1 is 1.00 bits per heavy atom. The van der Waals surface area contributed by atoms with Gasteiger partial charge in [-0.15, -0.1) is 0 Å². The second-order valence-electron chi connectivity index (χ2n) is 3.67. The number of halogens is 5. The number of ether oxygens (including phenoxy) is 1. The Kier molecular flexibility index (Phi) is 4.39. The van der Waals surface area contributed by atoms with Crippen molar-refractivity contribution in [1.29, 1.82) is 0 Å². The van der Waals surface area contributed by atoms with Crippen molar-refractivity contribution in [3.63, 3.8) is 0 Å². The van der Waals surface area contributed by atoms with Crippen molar-refractivity contribution in [2.24, 2.45) is 0 Å². The molecular formula is C13H7BrF3IO. The normalized spacial score (nSPS) is 11.4. The molecule has 0 heterocycles. The van der Waals surface area contributed by atoms with E-state index in [1.807, 2.05) is 22.6 Å². The third-order valence-corrected chi connectivity index (χ3v) is 3.69. The first-order valence-electron chi connectivity index (χ1n) is 5.17. The molecule has 0 saturated heterocycles. The quantitative estimate of drug-likeness (QED) is 0.529. The summed E-state index contributed by atoms with van der Waals surface area (Å²) in [6.07, 6.45) is -4.46. The first-order chi connectivity index (χ1) is 8.88. The highest BCUT2D eigenvalue weighted by Gasteiger charge is 2.34. The topological polar surface area (TPSA) is 9.23 Å². The minimum absolute atomic E-state index is 0.209. The largest absolute Gasteiger partial charge is 0.456 e. The zero-order chi connectivity index (χ0) is 14.0. The molecule has 0 amide bonds. The number of benzene rings is 2. The van der Waals surface area contributed by atoms with Crippen LogP contribution in [0, 0.1) is 3.57 Å². The van der Waals surface area contributed by atoms with E-state index in [9.17, 15) is 13.2 Å². The SMILES string of the molecule is FC(F)(F)c1cc(Br)ccc1Oc1ccccc1I. The molecule has 0 aromatic heterocycles. The van der Waals surface area contributed by atoms with Gasteiger partial charge < -0.3 is 4.74 Å². The van der Waals surface area contributed by atoms with Gasteiger partial charge in [0.25, 0.3) is 0 Å². The Labute approximate surface area is 130 Å². The van der Waals surface area contributed by atoms with Crippen LogP contribution in [0.25, 0.3) is 0 Å². The van der Waals surface area contributed by atoms with Crippen molar-refractivity contribution in [3.8, 4) is 11.5 Å². The van der Waals surface area contributed by atoms with Crippen LogP contribution in [0.3, 0.4) is 0 Å². The smallest absolute Gasteiger partial charge is 0.420 e. The molecule has 2 rings (SSSR count). The van der Waals surface area contributed by atoms with E-state index < -0.39 is 11.7 Å². The Morgan fingerprint density at radius 3 is 2.32 bits per heavy atom. The molecule has 0 bridgehead atoms. The van der Waals surface area contributed by atoms with Gasteiger partial charge in [-0.05, 0) is 52.9 Å². The van der Waals surface area contributed by atoms with E-state index in [1.165, 1.54) is 12.1 Å². The molecule has 1 nitrogen and oxygen atoms in total. The predicted molar refractivity (Wildman–Crippen MR) is 78.4 cm³/mol. The summed E-state index contributed by atoms with van der Waals surface area (Å²) in [5.74, 6) is 0.190. The van der Waals surface area contributed by atoms with Gasteiger partial charge in [-0.2, -0.15) is 13.2 Å². The van der Waals surface area contributed by atoms with Gasteiger partial charge >= 0.3 is 6.18 Å². The summed E-state index contributed by atoms with van der Waals surface area (Å²) in [6.45, 7) is 0.